The van der Waals surface area contributed by atoms with Gasteiger partial charge in [0, 0.05) is 25.7 Å². The number of allylic oxidation sites excluding steroid dienone is 32. The van der Waals surface area contributed by atoms with Crippen molar-refractivity contribution in [3.63, 3.8) is 0 Å². The quantitative estimate of drug-likeness (QED) is 0.0169. The molecule has 0 aliphatic heterocycles. The normalized spacial score (nSPS) is 14.8. The Morgan fingerprint density at radius 3 is 0.815 bits per heavy atom. The van der Waals surface area contributed by atoms with Gasteiger partial charge in [0.1, 0.15) is 19.3 Å². The van der Waals surface area contributed by atoms with Crippen LogP contribution in [0, 0.1) is 0 Å². The first-order chi connectivity index (χ1) is 52.7. The summed E-state index contributed by atoms with van der Waals surface area (Å²) in [6.07, 6.45) is 97.1. The van der Waals surface area contributed by atoms with Crippen molar-refractivity contribution in [3.8, 4) is 0 Å². The van der Waals surface area contributed by atoms with E-state index in [1.807, 2.05) is 18.2 Å². The number of carbonyl (C=O) groups is 4. The van der Waals surface area contributed by atoms with Crippen LogP contribution >= 0.6 is 15.6 Å². The van der Waals surface area contributed by atoms with E-state index in [0.29, 0.717) is 32.1 Å². The van der Waals surface area contributed by atoms with Gasteiger partial charge in [-0.1, -0.05) is 280 Å². The van der Waals surface area contributed by atoms with Gasteiger partial charge in [-0.15, -0.1) is 0 Å². The molecule has 3 N–H and O–H groups in total. The molecule has 108 heavy (non-hydrogen) atoms. The Kier molecular flexibility index (Phi) is 74.5. The minimum atomic E-state index is -5.02. The second kappa shape index (κ2) is 79.0. The van der Waals surface area contributed by atoms with Gasteiger partial charge in [-0.3, -0.25) is 37.3 Å². The Labute approximate surface area is 653 Å². The van der Waals surface area contributed by atoms with Crippen LogP contribution in [0.1, 0.15) is 285 Å². The van der Waals surface area contributed by atoms with Crippen molar-refractivity contribution in [2.45, 2.75) is 303 Å². The van der Waals surface area contributed by atoms with Crippen LogP contribution in [0.3, 0.4) is 0 Å². The maximum absolute atomic E-state index is 13.1. The molecular weight excluding hydrogens is 1400 g/mol. The SMILES string of the molecule is CC/C=C\C/C=C\C/C=C\C/C=C\C/C=C\C/C=C\CCC(=O)OCC(COP(=O)(O)OCC(O)COP(=O)(O)OCC(COC(=O)CCCCCC/C=C\C/C=C\C/C=C\C/C=C\CC)OC(=O)CCCCCCC/C=C\CCCCCC)OC(=O)CCCCC/C=C\C/C=C\C/C=C\C/C=C\C/C=C\CC. The number of rotatable bonds is 74. The largest absolute Gasteiger partial charge is 0.472 e. The summed E-state index contributed by atoms with van der Waals surface area (Å²) in [4.78, 5) is 73.1. The molecule has 0 rings (SSSR count). The lowest BCUT2D eigenvalue weighted by Crippen LogP contribution is -2.30. The van der Waals surface area contributed by atoms with Crippen LogP contribution in [0.25, 0.3) is 0 Å². The highest BCUT2D eigenvalue weighted by molar-refractivity contribution is 7.47. The van der Waals surface area contributed by atoms with Gasteiger partial charge in [-0.2, -0.15) is 0 Å². The molecule has 0 aromatic rings. The molecule has 0 heterocycles. The third kappa shape index (κ3) is 78.0. The Hall–Kier alpha value is -6.10. The summed E-state index contributed by atoms with van der Waals surface area (Å²) < 4.78 is 68.5. The summed E-state index contributed by atoms with van der Waals surface area (Å²) in [5.74, 6) is -2.36. The number of hydrogen-bond donors (Lipinski definition) is 3. The lowest BCUT2D eigenvalue weighted by Gasteiger charge is -2.21. The molecule has 0 saturated heterocycles. The predicted molar refractivity (Wildman–Crippen MR) is 445 cm³/mol. The summed E-state index contributed by atoms with van der Waals surface area (Å²) in [7, 11) is -10.0. The van der Waals surface area contributed by atoms with Gasteiger partial charge in [0.25, 0.3) is 0 Å². The average Bonchev–Trinajstić information content (AvgIpc) is 0.892. The molecule has 17 nitrogen and oxygen atoms in total. The number of unbranched alkanes of at least 4 members (excludes halogenated alkanes) is 16. The molecule has 0 radical (unpaired) electrons. The lowest BCUT2D eigenvalue weighted by molar-refractivity contribution is -0.161. The third-order valence-corrected chi connectivity index (χ3v) is 17.9. The highest BCUT2D eigenvalue weighted by Gasteiger charge is 2.30. The zero-order chi connectivity index (χ0) is 78.9. The smallest absolute Gasteiger partial charge is 0.462 e. The fourth-order valence-electron chi connectivity index (χ4n) is 9.96. The number of hydrogen-bond acceptors (Lipinski definition) is 15. The van der Waals surface area contributed by atoms with Crippen molar-refractivity contribution in [1.82, 2.24) is 0 Å². The second-order valence-corrected chi connectivity index (χ2v) is 29.1. The van der Waals surface area contributed by atoms with Crippen molar-refractivity contribution in [2.75, 3.05) is 39.6 Å². The molecule has 0 spiro atoms. The summed E-state index contributed by atoms with van der Waals surface area (Å²) in [5.41, 5.74) is 0. The molecule has 0 fully saturated rings. The van der Waals surface area contributed by atoms with Crippen LogP contribution in [0.2, 0.25) is 0 Å². The molecule has 0 aromatic carbocycles. The van der Waals surface area contributed by atoms with Crippen molar-refractivity contribution in [2.24, 2.45) is 0 Å². The van der Waals surface area contributed by atoms with E-state index in [-0.39, 0.29) is 25.7 Å². The van der Waals surface area contributed by atoms with Crippen LogP contribution in [0.4, 0.5) is 0 Å². The molecule has 19 heteroatoms. The van der Waals surface area contributed by atoms with Crippen molar-refractivity contribution in [1.29, 1.82) is 0 Å². The number of aliphatic hydroxyl groups is 1. The fourth-order valence-corrected chi connectivity index (χ4v) is 11.5. The Bertz CT molecular complexity index is 2810. The van der Waals surface area contributed by atoms with Gasteiger partial charge in [-0.05, 0) is 173 Å². The van der Waals surface area contributed by atoms with Crippen molar-refractivity contribution < 1.29 is 80.2 Å². The number of carbonyl (C=O) groups excluding carboxylic acids is 4. The van der Waals surface area contributed by atoms with Crippen molar-refractivity contribution >= 4 is 39.5 Å². The van der Waals surface area contributed by atoms with Crippen LogP contribution in [-0.4, -0.2) is 96.7 Å². The third-order valence-electron chi connectivity index (χ3n) is 16.0. The van der Waals surface area contributed by atoms with Crippen LogP contribution in [0.15, 0.2) is 194 Å². The van der Waals surface area contributed by atoms with E-state index in [1.165, 1.54) is 25.7 Å². The van der Waals surface area contributed by atoms with E-state index in [4.69, 9.17) is 37.0 Å². The zero-order valence-corrected chi connectivity index (χ0v) is 68.5. The predicted octanol–water partition coefficient (Wildman–Crippen LogP) is 24.1. The first-order valence-corrected chi connectivity index (χ1v) is 43.7. The second-order valence-electron chi connectivity index (χ2n) is 26.2. The Morgan fingerprint density at radius 2 is 0.500 bits per heavy atom. The van der Waals surface area contributed by atoms with Gasteiger partial charge in [0.15, 0.2) is 12.2 Å². The van der Waals surface area contributed by atoms with E-state index < -0.39 is 97.5 Å². The van der Waals surface area contributed by atoms with Crippen LogP contribution < -0.4 is 0 Å². The average molecular weight is 1550 g/mol. The van der Waals surface area contributed by atoms with Crippen LogP contribution in [0.5, 0.6) is 0 Å². The first kappa shape index (κ1) is 102. The van der Waals surface area contributed by atoms with Gasteiger partial charge < -0.3 is 33.8 Å². The number of phosphoric acid groups is 2. The van der Waals surface area contributed by atoms with Gasteiger partial charge >= 0.3 is 39.5 Å². The van der Waals surface area contributed by atoms with Gasteiger partial charge in [0.05, 0.1) is 26.4 Å². The van der Waals surface area contributed by atoms with E-state index in [9.17, 15) is 43.2 Å². The molecule has 0 aromatic heterocycles. The highest BCUT2D eigenvalue weighted by atomic mass is 31.2. The Morgan fingerprint density at radius 1 is 0.269 bits per heavy atom. The number of ether oxygens (including phenoxy) is 4. The minimum absolute atomic E-state index is 0.0201. The summed E-state index contributed by atoms with van der Waals surface area (Å²) >= 11 is 0. The van der Waals surface area contributed by atoms with E-state index >= 15 is 0 Å². The zero-order valence-electron chi connectivity index (χ0n) is 66.7. The number of esters is 4. The lowest BCUT2D eigenvalue weighted by atomic mass is 10.1. The topological polar surface area (TPSA) is 237 Å². The fraction of sp³-hybridized carbons (Fsp3) is 0.596. The summed E-state index contributed by atoms with van der Waals surface area (Å²) in [5, 5.41) is 10.7. The van der Waals surface area contributed by atoms with E-state index in [1.54, 1.807) is 0 Å². The summed E-state index contributed by atoms with van der Waals surface area (Å²) in [6.45, 7) is 4.33. The van der Waals surface area contributed by atoms with E-state index in [0.717, 1.165) is 173 Å². The molecule has 0 bridgehead atoms. The van der Waals surface area contributed by atoms with Gasteiger partial charge in [-0.25, -0.2) is 9.13 Å². The summed E-state index contributed by atoms with van der Waals surface area (Å²) in [6, 6.07) is 0. The monoisotopic (exact) mass is 1540 g/mol. The molecule has 0 amide bonds. The number of phosphoric ester groups is 2. The number of aliphatic hydroxyl groups excluding tert-OH is 1. The van der Waals surface area contributed by atoms with E-state index in [2.05, 4.69) is 204 Å². The van der Waals surface area contributed by atoms with Crippen LogP contribution in [-0.2, 0) is 65.4 Å². The van der Waals surface area contributed by atoms with Gasteiger partial charge in [0.2, 0.25) is 0 Å². The Balaban J connectivity index is 5.52. The molecule has 5 unspecified atom stereocenters. The molecule has 0 saturated carbocycles. The maximum Gasteiger partial charge on any atom is 0.472 e. The molecular formula is C89H142O17P2. The minimum Gasteiger partial charge on any atom is -0.462 e. The maximum atomic E-state index is 13.1. The first-order valence-electron chi connectivity index (χ1n) is 40.7. The standard InChI is InChI=1S/C89H142O17P2/c1-5-9-13-17-21-25-29-33-36-39-41-44-47-51-54-58-62-66-70-74-87(92)100-80-85(106-89(94)76-72-68-64-60-56-52-48-45-42-40-37-34-30-26-22-18-14-10-6-2)82-104-108(97,98)102-78-83(90)77-101-107(95,96)103-81-84(105-88(93)75-71-67-63-59-55-49-32-28-24-20-16-12-8-4)79-99-86(91)73-69-65-61-57-53-50-46-43-38-35-31-27-23-19-15-11-7-3/h9-11,13-15,21-23,25-28,32-38,41-42,44-46,50-52,54,56,62,66,83-85,90H,5-8,12,16-20,24,29-31,39-40,43,47-49,53,55,57-61,63-65,67-82H2,1-4H3,(H,95,96)(H,97,98)/b13-9-,14-10-,15-11-,25-21-,26-22-,27-23-,32-28-,36-33-,37-34-,38-35-,44-41-,45-42-,50-46-,54-51-,56-52-,66-62-. The molecule has 610 valence electrons. The molecule has 0 aliphatic carbocycles. The van der Waals surface area contributed by atoms with Crippen molar-refractivity contribution in [3.05, 3.63) is 194 Å². The highest BCUT2D eigenvalue weighted by Crippen LogP contribution is 2.45. The molecule has 0 aliphatic rings. The molecule has 5 atom stereocenters.